The first-order valence-corrected chi connectivity index (χ1v) is 5.74. The van der Waals surface area contributed by atoms with Gasteiger partial charge in [-0.3, -0.25) is 4.98 Å². The maximum Gasteiger partial charge on any atom is 0.321 e. The van der Waals surface area contributed by atoms with E-state index in [0.29, 0.717) is 0 Å². The summed E-state index contributed by atoms with van der Waals surface area (Å²) in [5.74, 6) is 0. The van der Waals surface area contributed by atoms with Crippen molar-refractivity contribution < 1.29 is 4.79 Å². The van der Waals surface area contributed by atoms with Crippen molar-refractivity contribution in [1.29, 1.82) is 0 Å². The van der Waals surface area contributed by atoms with Gasteiger partial charge in [0.05, 0.1) is 0 Å². The van der Waals surface area contributed by atoms with E-state index in [4.69, 9.17) is 0 Å². The summed E-state index contributed by atoms with van der Waals surface area (Å²) in [7, 11) is 0. The number of piperidine rings is 1. The molecular formula is C12H17N3O. The fourth-order valence-electron chi connectivity index (χ4n) is 1.90. The molecule has 0 bridgehead atoms. The first-order chi connectivity index (χ1) is 7.77. The van der Waals surface area contributed by atoms with Crippen LogP contribution in [0.3, 0.4) is 0 Å². The van der Waals surface area contributed by atoms with Gasteiger partial charge in [0.25, 0.3) is 0 Å². The van der Waals surface area contributed by atoms with Gasteiger partial charge in [0.1, 0.15) is 0 Å². The monoisotopic (exact) mass is 219 g/mol. The highest BCUT2D eigenvalue weighted by Crippen LogP contribution is 2.14. The van der Waals surface area contributed by atoms with Crippen molar-refractivity contribution in [3.63, 3.8) is 0 Å². The largest absolute Gasteiger partial charge is 0.325 e. The SMILES string of the molecule is Cc1cnccc1NC(=O)N1CCCCC1. The lowest BCUT2D eigenvalue weighted by molar-refractivity contribution is 0.200. The fraction of sp³-hybridized carbons (Fsp3) is 0.500. The molecule has 0 saturated carbocycles. The molecule has 1 aromatic heterocycles. The zero-order valence-electron chi connectivity index (χ0n) is 9.57. The highest BCUT2D eigenvalue weighted by molar-refractivity contribution is 5.90. The van der Waals surface area contributed by atoms with Crippen LogP contribution in [0.5, 0.6) is 0 Å². The second kappa shape index (κ2) is 4.96. The first-order valence-electron chi connectivity index (χ1n) is 5.74. The van der Waals surface area contributed by atoms with Crippen LogP contribution in [-0.4, -0.2) is 29.0 Å². The number of aromatic nitrogens is 1. The van der Waals surface area contributed by atoms with Gasteiger partial charge in [0, 0.05) is 31.2 Å². The Labute approximate surface area is 95.7 Å². The molecule has 4 heteroatoms. The van der Waals surface area contributed by atoms with Gasteiger partial charge < -0.3 is 10.2 Å². The Balaban J connectivity index is 1.99. The van der Waals surface area contributed by atoms with E-state index in [1.165, 1.54) is 6.42 Å². The number of likely N-dealkylation sites (tertiary alicyclic amines) is 1. The third kappa shape index (κ3) is 2.51. The Kier molecular flexibility index (Phi) is 3.39. The van der Waals surface area contributed by atoms with Gasteiger partial charge in [-0.1, -0.05) is 0 Å². The summed E-state index contributed by atoms with van der Waals surface area (Å²) < 4.78 is 0. The molecule has 2 amide bonds. The Morgan fingerprint density at radius 3 is 2.81 bits per heavy atom. The first kappa shape index (κ1) is 10.9. The van der Waals surface area contributed by atoms with E-state index >= 15 is 0 Å². The van der Waals surface area contributed by atoms with Crippen molar-refractivity contribution in [3.05, 3.63) is 24.0 Å². The minimum Gasteiger partial charge on any atom is -0.325 e. The van der Waals surface area contributed by atoms with Crippen LogP contribution >= 0.6 is 0 Å². The summed E-state index contributed by atoms with van der Waals surface area (Å²) in [5.41, 5.74) is 1.85. The Morgan fingerprint density at radius 1 is 1.38 bits per heavy atom. The number of nitrogens with zero attached hydrogens (tertiary/aromatic N) is 2. The number of carbonyl (C=O) groups excluding carboxylic acids is 1. The maximum atomic E-state index is 11.9. The number of hydrogen-bond acceptors (Lipinski definition) is 2. The minimum absolute atomic E-state index is 0.00833. The van der Waals surface area contributed by atoms with Gasteiger partial charge in [0.15, 0.2) is 0 Å². The third-order valence-electron chi connectivity index (χ3n) is 2.91. The number of rotatable bonds is 1. The van der Waals surface area contributed by atoms with E-state index in [2.05, 4.69) is 10.3 Å². The van der Waals surface area contributed by atoms with Crippen LogP contribution in [0, 0.1) is 6.92 Å². The summed E-state index contributed by atoms with van der Waals surface area (Å²) in [4.78, 5) is 17.8. The normalized spacial score (nSPS) is 15.9. The quantitative estimate of drug-likeness (QED) is 0.788. The van der Waals surface area contributed by atoms with E-state index in [0.717, 1.165) is 37.2 Å². The van der Waals surface area contributed by atoms with Crippen molar-refractivity contribution in [1.82, 2.24) is 9.88 Å². The molecule has 0 aliphatic carbocycles. The molecule has 0 spiro atoms. The topological polar surface area (TPSA) is 45.2 Å². The van der Waals surface area contributed by atoms with Gasteiger partial charge in [0.2, 0.25) is 0 Å². The molecule has 0 atom stereocenters. The molecule has 1 N–H and O–H groups in total. The van der Waals surface area contributed by atoms with Crippen LogP contribution in [-0.2, 0) is 0 Å². The molecule has 1 fully saturated rings. The second-order valence-corrected chi connectivity index (χ2v) is 4.17. The molecule has 0 radical (unpaired) electrons. The highest BCUT2D eigenvalue weighted by atomic mass is 16.2. The Morgan fingerprint density at radius 2 is 2.12 bits per heavy atom. The minimum atomic E-state index is 0.00833. The summed E-state index contributed by atoms with van der Waals surface area (Å²) >= 11 is 0. The summed E-state index contributed by atoms with van der Waals surface area (Å²) in [5, 5.41) is 2.93. The van der Waals surface area contributed by atoms with E-state index in [-0.39, 0.29) is 6.03 Å². The zero-order chi connectivity index (χ0) is 11.4. The predicted octanol–water partition coefficient (Wildman–Crippen LogP) is 2.41. The maximum absolute atomic E-state index is 11.9. The van der Waals surface area contributed by atoms with Gasteiger partial charge in [-0.25, -0.2) is 4.79 Å². The van der Waals surface area contributed by atoms with Crippen LogP contribution < -0.4 is 5.32 Å². The van der Waals surface area contributed by atoms with Crippen molar-refractivity contribution in [2.24, 2.45) is 0 Å². The smallest absolute Gasteiger partial charge is 0.321 e. The van der Waals surface area contributed by atoms with E-state index in [1.807, 2.05) is 17.9 Å². The van der Waals surface area contributed by atoms with Crippen LogP contribution in [0.1, 0.15) is 24.8 Å². The molecule has 1 aliphatic heterocycles. The molecule has 4 nitrogen and oxygen atoms in total. The zero-order valence-corrected chi connectivity index (χ0v) is 9.57. The van der Waals surface area contributed by atoms with Crippen LogP contribution in [0.25, 0.3) is 0 Å². The molecule has 1 saturated heterocycles. The number of anilines is 1. The lowest BCUT2D eigenvalue weighted by Crippen LogP contribution is -2.38. The summed E-state index contributed by atoms with van der Waals surface area (Å²) in [6, 6.07) is 1.84. The van der Waals surface area contributed by atoms with Crippen LogP contribution in [0.15, 0.2) is 18.5 Å². The van der Waals surface area contributed by atoms with Crippen LogP contribution in [0.4, 0.5) is 10.5 Å². The fourth-order valence-corrected chi connectivity index (χ4v) is 1.90. The number of amides is 2. The average Bonchev–Trinajstić information content (AvgIpc) is 2.33. The number of carbonyl (C=O) groups is 1. The molecule has 16 heavy (non-hydrogen) atoms. The Hall–Kier alpha value is -1.58. The van der Waals surface area contributed by atoms with Gasteiger partial charge in [-0.2, -0.15) is 0 Å². The predicted molar refractivity (Wildman–Crippen MR) is 63.4 cm³/mol. The van der Waals surface area contributed by atoms with E-state index in [1.54, 1.807) is 12.4 Å². The molecule has 0 unspecified atom stereocenters. The van der Waals surface area contributed by atoms with Crippen molar-refractivity contribution in [3.8, 4) is 0 Å². The average molecular weight is 219 g/mol. The number of pyridine rings is 1. The van der Waals surface area contributed by atoms with Crippen molar-refractivity contribution >= 4 is 11.7 Å². The molecule has 2 rings (SSSR count). The van der Waals surface area contributed by atoms with Crippen LogP contribution in [0.2, 0.25) is 0 Å². The molecular weight excluding hydrogens is 202 g/mol. The summed E-state index contributed by atoms with van der Waals surface area (Å²) in [6.07, 6.45) is 6.91. The molecule has 0 aromatic carbocycles. The molecule has 1 aliphatic rings. The number of urea groups is 1. The van der Waals surface area contributed by atoms with Gasteiger partial charge in [-0.15, -0.1) is 0 Å². The molecule has 1 aromatic rings. The van der Waals surface area contributed by atoms with E-state index < -0.39 is 0 Å². The lowest BCUT2D eigenvalue weighted by atomic mass is 10.1. The Bertz CT molecular complexity index is 372. The lowest BCUT2D eigenvalue weighted by Gasteiger charge is -2.27. The highest BCUT2D eigenvalue weighted by Gasteiger charge is 2.16. The second-order valence-electron chi connectivity index (χ2n) is 4.17. The van der Waals surface area contributed by atoms with Crippen molar-refractivity contribution in [2.45, 2.75) is 26.2 Å². The number of hydrogen-bond donors (Lipinski definition) is 1. The van der Waals surface area contributed by atoms with E-state index in [9.17, 15) is 4.79 Å². The number of nitrogens with one attached hydrogen (secondary N) is 1. The molecule has 86 valence electrons. The van der Waals surface area contributed by atoms with Gasteiger partial charge >= 0.3 is 6.03 Å². The number of aryl methyl sites for hydroxylation is 1. The summed E-state index contributed by atoms with van der Waals surface area (Å²) in [6.45, 7) is 3.69. The third-order valence-corrected chi connectivity index (χ3v) is 2.91. The van der Waals surface area contributed by atoms with Gasteiger partial charge in [-0.05, 0) is 37.8 Å². The standard InChI is InChI=1S/C12H17N3O/c1-10-9-13-6-5-11(10)14-12(16)15-7-3-2-4-8-15/h5-6,9H,2-4,7-8H2,1H3,(H,13,14,16). The van der Waals surface area contributed by atoms with Crippen molar-refractivity contribution in [2.75, 3.05) is 18.4 Å². The molecule has 2 heterocycles.